The van der Waals surface area contributed by atoms with Crippen molar-refractivity contribution >= 4 is 15.9 Å². The topological polar surface area (TPSA) is 12.0 Å². The minimum atomic E-state index is -0.183. The number of nitrogens with one attached hydrogen (secondary N) is 1. The van der Waals surface area contributed by atoms with Crippen LogP contribution in [0.4, 0.5) is 4.39 Å². The molecule has 0 bridgehead atoms. The maximum Gasteiger partial charge on any atom is 0.124 e. The zero-order valence-corrected chi connectivity index (χ0v) is 13.2. The minimum absolute atomic E-state index is 0.183. The van der Waals surface area contributed by atoms with Crippen molar-refractivity contribution in [2.24, 2.45) is 5.92 Å². The zero-order valence-electron chi connectivity index (χ0n) is 11.6. The van der Waals surface area contributed by atoms with Crippen LogP contribution < -0.4 is 5.32 Å². The van der Waals surface area contributed by atoms with Crippen molar-refractivity contribution in [3.8, 4) is 0 Å². The quantitative estimate of drug-likeness (QED) is 0.833. The van der Waals surface area contributed by atoms with Crippen LogP contribution >= 0.6 is 15.9 Å². The second-order valence-electron chi connectivity index (χ2n) is 5.10. The lowest BCUT2D eigenvalue weighted by atomic mass is 9.92. The summed E-state index contributed by atoms with van der Waals surface area (Å²) < 4.78 is 14.2. The third kappa shape index (κ3) is 4.73. The predicted octanol–water partition coefficient (Wildman–Crippen LogP) is 4.21. The highest BCUT2D eigenvalue weighted by atomic mass is 79.9. The van der Waals surface area contributed by atoms with Crippen molar-refractivity contribution in [2.45, 2.75) is 12.8 Å². The number of hydrogen-bond acceptors (Lipinski definition) is 1. The third-order valence-electron chi connectivity index (χ3n) is 3.31. The van der Waals surface area contributed by atoms with E-state index < -0.39 is 0 Å². The lowest BCUT2D eigenvalue weighted by molar-refractivity contribution is 0.491. The van der Waals surface area contributed by atoms with Crippen LogP contribution in [-0.4, -0.2) is 13.6 Å². The van der Waals surface area contributed by atoms with Gasteiger partial charge < -0.3 is 5.32 Å². The average molecular weight is 336 g/mol. The fourth-order valence-electron chi connectivity index (χ4n) is 2.51. The molecule has 0 amide bonds. The maximum atomic E-state index is 13.4. The van der Waals surface area contributed by atoms with Crippen molar-refractivity contribution in [3.63, 3.8) is 0 Å². The summed E-state index contributed by atoms with van der Waals surface area (Å²) in [5, 5.41) is 3.23. The van der Waals surface area contributed by atoms with Gasteiger partial charge in [0.1, 0.15) is 5.82 Å². The molecule has 0 spiro atoms. The summed E-state index contributed by atoms with van der Waals surface area (Å²) in [6, 6.07) is 15.5. The summed E-state index contributed by atoms with van der Waals surface area (Å²) in [4.78, 5) is 0. The second kappa shape index (κ2) is 7.55. The van der Waals surface area contributed by atoms with Gasteiger partial charge in [0.25, 0.3) is 0 Å². The van der Waals surface area contributed by atoms with E-state index in [0.717, 1.165) is 29.4 Å². The molecule has 1 unspecified atom stereocenters. The Labute approximate surface area is 128 Å². The molecule has 0 fully saturated rings. The van der Waals surface area contributed by atoms with Crippen molar-refractivity contribution in [3.05, 3.63) is 69.9 Å². The molecule has 106 valence electrons. The monoisotopic (exact) mass is 335 g/mol. The van der Waals surface area contributed by atoms with Crippen LogP contribution in [0.25, 0.3) is 0 Å². The molecule has 2 rings (SSSR count). The van der Waals surface area contributed by atoms with E-state index >= 15 is 0 Å². The SMILES string of the molecule is CNCC(Cc1ccccc1)Cc1cc(F)cc(Br)c1. The Balaban J connectivity index is 2.08. The van der Waals surface area contributed by atoms with Crippen LogP contribution in [0.15, 0.2) is 53.0 Å². The van der Waals surface area contributed by atoms with E-state index in [1.165, 1.54) is 11.6 Å². The predicted molar refractivity (Wildman–Crippen MR) is 85.4 cm³/mol. The third-order valence-corrected chi connectivity index (χ3v) is 3.76. The van der Waals surface area contributed by atoms with Crippen LogP contribution in [0.2, 0.25) is 0 Å². The fraction of sp³-hybridized carbons (Fsp3) is 0.294. The molecule has 2 aromatic carbocycles. The summed E-state index contributed by atoms with van der Waals surface area (Å²) in [6.07, 6.45) is 1.86. The van der Waals surface area contributed by atoms with Crippen LogP contribution in [-0.2, 0) is 12.8 Å². The number of halogens is 2. The number of rotatable bonds is 6. The van der Waals surface area contributed by atoms with Gasteiger partial charge in [-0.25, -0.2) is 4.39 Å². The standard InChI is InChI=1S/C17H19BrFN/c1-20-12-15(7-13-5-3-2-4-6-13)8-14-9-16(18)11-17(19)10-14/h2-6,9-11,15,20H,7-8,12H2,1H3. The average Bonchev–Trinajstić information content (AvgIpc) is 2.39. The molecule has 0 aliphatic carbocycles. The molecular formula is C17H19BrFN. The van der Waals surface area contributed by atoms with Crippen LogP contribution in [0.3, 0.4) is 0 Å². The molecule has 1 nitrogen and oxygen atoms in total. The Kier molecular flexibility index (Phi) is 5.74. The summed E-state index contributed by atoms with van der Waals surface area (Å²) in [5.74, 6) is 0.272. The van der Waals surface area contributed by atoms with Crippen molar-refractivity contribution < 1.29 is 4.39 Å². The van der Waals surface area contributed by atoms with Gasteiger partial charge in [0.15, 0.2) is 0 Å². The maximum absolute atomic E-state index is 13.4. The molecule has 0 aliphatic heterocycles. The van der Waals surface area contributed by atoms with Gasteiger partial charge in [-0.1, -0.05) is 46.3 Å². The smallest absolute Gasteiger partial charge is 0.124 e. The summed E-state index contributed by atoms with van der Waals surface area (Å²) >= 11 is 3.35. The first-order chi connectivity index (χ1) is 9.67. The molecule has 1 N–H and O–H groups in total. The molecular weight excluding hydrogens is 317 g/mol. The first kappa shape index (κ1) is 15.2. The molecule has 1 atom stereocenters. The fourth-order valence-corrected chi connectivity index (χ4v) is 3.03. The zero-order chi connectivity index (χ0) is 14.4. The summed E-state index contributed by atoms with van der Waals surface area (Å²) in [6.45, 7) is 0.920. The van der Waals surface area contributed by atoms with E-state index in [4.69, 9.17) is 0 Å². The number of hydrogen-bond donors (Lipinski definition) is 1. The minimum Gasteiger partial charge on any atom is -0.319 e. The molecule has 0 heterocycles. The summed E-state index contributed by atoms with van der Waals surface area (Å²) in [7, 11) is 1.96. The van der Waals surface area contributed by atoms with Gasteiger partial charge in [0.2, 0.25) is 0 Å². The van der Waals surface area contributed by atoms with E-state index in [0.29, 0.717) is 5.92 Å². The van der Waals surface area contributed by atoms with Crippen LogP contribution in [0.5, 0.6) is 0 Å². The number of benzene rings is 2. The van der Waals surface area contributed by atoms with Gasteiger partial charge in [0.05, 0.1) is 0 Å². The Morgan fingerprint density at radius 3 is 2.40 bits per heavy atom. The Bertz CT molecular complexity index is 522. The normalized spacial score (nSPS) is 12.3. The largest absolute Gasteiger partial charge is 0.319 e. The first-order valence-corrected chi connectivity index (χ1v) is 7.60. The van der Waals surface area contributed by atoms with Crippen molar-refractivity contribution in [1.29, 1.82) is 0 Å². The molecule has 0 saturated heterocycles. The molecule has 0 radical (unpaired) electrons. The highest BCUT2D eigenvalue weighted by Gasteiger charge is 2.11. The van der Waals surface area contributed by atoms with Gasteiger partial charge in [-0.05, 0) is 61.7 Å². The lowest BCUT2D eigenvalue weighted by Gasteiger charge is -2.17. The van der Waals surface area contributed by atoms with Crippen molar-refractivity contribution in [1.82, 2.24) is 5.32 Å². The van der Waals surface area contributed by atoms with Gasteiger partial charge in [-0.3, -0.25) is 0 Å². The highest BCUT2D eigenvalue weighted by Crippen LogP contribution is 2.19. The van der Waals surface area contributed by atoms with Gasteiger partial charge in [-0.15, -0.1) is 0 Å². The Morgan fingerprint density at radius 1 is 1.05 bits per heavy atom. The van der Waals surface area contributed by atoms with E-state index in [1.54, 1.807) is 6.07 Å². The van der Waals surface area contributed by atoms with Gasteiger partial charge in [-0.2, -0.15) is 0 Å². The first-order valence-electron chi connectivity index (χ1n) is 6.81. The van der Waals surface area contributed by atoms with Crippen molar-refractivity contribution in [2.75, 3.05) is 13.6 Å². The molecule has 0 aromatic heterocycles. The Morgan fingerprint density at radius 2 is 1.75 bits per heavy atom. The van der Waals surface area contributed by atoms with E-state index in [2.05, 4.69) is 45.5 Å². The molecule has 20 heavy (non-hydrogen) atoms. The molecule has 0 aliphatic rings. The molecule has 2 aromatic rings. The van der Waals surface area contributed by atoms with Gasteiger partial charge in [0, 0.05) is 4.47 Å². The highest BCUT2D eigenvalue weighted by molar-refractivity contribution is 9.10. The molecule has 0 saturated carbocycles. The van der Waals surface area contributed by atoms with Crippen LogP contribution in [0, 0.1) is 11.7 Å². The lowest BCUT2D eigenvalue weighted by Crippen LogP contribution is -2.22. The van der Waals surface area contributed by atoms with E-state index in [-0.39, 0.29) is 5.82 Å². The Hall–Kier alpha value is -1.19. The second-order valence-corrected chi connectivity index (χ2v) is 6.01. The molecule has 3 heteroatoms. The van der Waals surface area contributed by atoms with E-state index in [9.17, 15) is 4.39 Å². The summed E-state index contributed by atoms with van der Waals surface area (Å²) in [5.41, 5.74) is 2.36. The van der Waals surface area contributed by atoms with Crippen LogP contribution in [0.1, 0.15) is 11.1 Å². The van der Waals surface area contributed by atoms with E-state index in [1.807, 2.05) is 19.2 Å². The van der Waals surface area contributed by atoms with Gasteiger partial charge >= 0.3 is 0 Å².